The standard InChI is InChI=1S/C17H20N2O2/c1-12(20)18-16-14-9-5-6-10-15(14)17(21)19(16)11-13-7-3-2-4-8-13/h2-4,7-8,16H,5-6,9-11H2,1H3,(H,18,20). The highest BCUT2D eigenvalue weighted by Gasteiger charge is 2.39. The van der Waals surface area contributed by atoms with Gasteiger partial charge in [-0.15, -0.1) is 0 Å². The molecule has 1 aliphatic heterocycles. The van der Waals surface area contributed by atoms with Crippen LogP contribution < -0.4 is 5.32 Å². The third-order valence-electron chi connectivity index (χ3n) is 4.21. The molecule has 0 spiro atoms. The summed E-state index contributed by atoms with van der Waals surface area (Å²) in [6, 6.07) is 9.92. The zero-order chi connectivity index (χ0) is 14.8. The maximum Gasteiger partial charge on any atom is 0.252 e. The molecule has 1 aromatic rings. The molecule has 2 amide bonds. The van der Waals surface area contributed by atoms with Gasteiger partial charge in [-0.1, -0.05) is 30.3 Å². The highest BCUT2D eigenvalue weighted by molar-refractivity contribution is 5.98. The van der Waals surface area contributed by atoms with Gasteiger partial charge >= 0.3 is 0 Å². The first-order valence-corrected chi connectivity index (χ1v) is 7.50. The van der Waals surface area contributed by atoms with Crippen molar-refractivity contribution in [2.75, 3.05) is 0 Å². The summed E-state index contributed by atoms with van der Waals surface area (Å²) in [7, 11) is 0. The van der Waals surface area contributed by atoms with Gasteiger partial charge in [0.25, 0.3) is 5.91 Å². The molecule has 0 radical (unpaired) electrons. The molecule has 110 valence electrons. The van der Waals surface area contributed by atoms with E-state index in [1.165, 1.54) is 6.92 Å². The van der Waals surface area contributed by atoms with Crippen LogP contribution in [-0.4, -0.2) is 22.9 Å². The summed E-state index contributed by atoms with van der Waals surface area (Å²) in [5.74, 6) is -0.00233. The molecule has 1 aromatic carbocycles. The monoisotopic (exact) mass is 284 g/mol. The summed E-state index contributed by atoms with van der Waals surface area (Å²) in [5.41, 5.74) is 3.13. The fourth-order valence-corrected chi connectivity index (χ4v) is 3.25. The van der Waals surface area contributed by atoms with Crippen molar-refractivity contribution in [1.82, 2.24) is 10.2 Å². The molecule has 0 saturated carbocycles. The number of carbonyl (C=O) groups is 2. The van der Waals surface area contributed by atoms with Crippen LogP contribution in [0.5, 0.6) is 0 Å². The Morgan fingerprint density at radius 2 is 1.95 bits per heavy atom. The van der Waals surface area contributed by atoms with Gasteiger partial charge in [-0.2, -0.15) is 0 Å². The van der Waals surface area contributed by atoms with E-state index in [0.717, 1.165) is 42.4 Å². The highest BCUT2D eigenvalue weighted by atomic mass is 16.2. The lowest BCUT2D eigenvalue weighted by Gasteiger charge is -2.28. The quantitative estimate of drug-likeness (QED) is 0.926. The summed E-state index contributed by atoms with van der Waals surface area (Å²) in [6.07, 6.45) is 3.66. The van der Waals surface area contributed by atoms with Crippen molar-refractivity contribution in [3.05, 3.63) is 47.0 Å². The van der Waals surface area contributed by atoms with Crippen molar-refractivity contribution in [3.8, 4) is 0 Å². The number of hydrogen-bond donors (Lipinski definition) is 1. The van der Waals surface area contributed by atoms with Crippen LogP contribution in [-0.2, 0) is 16.1 Å². The first kappa shape index (κ1) is 13.9. The van der Waals surface area contributed by atoms with Gasteiger partial charge in [-0.3, -0.25) is 9.59 Å². The van der Waals surface area contributed by atoms with Gasteiger partial charge in [0.1, 0.15) is 6.17 Å². The van der Waals surface area contributed by atoms with Crippen LogP contribution in [0.25, 0.3) is 0 Å². The topological polar surface area (TPSA) is 49.4 Å². The second-order valence-electron chi connectivity index (χ2n) is 5.73. The van der Waals surface area contributed by atoms with Crippen LogP contribution in [0, 0.1) is 0 Å². The maximum absolute atomic E-state index is 12.7. The van der Waals surface area contributed by atoms with Gasteiger partial charge in [-0.05, 0) is 36.8 Å². The summed E-state index contributed by atoms with van der Waals surface area (Å²) < 4.78 is 0. The molecular formula is C17H20N2O2. The summed E-state index contributed by atoms with van der Waals surface area (Å²) in [5, 5.41) is 2.95. The average Bonchev–Trinajstić information content (AvgIpc) is 2.74. The van der Waals surface area contributed by atoms with Crippen molar-refractivity contribution in [2.45, 2.75) is 45.3 Å². The van der Waals surface area contributed by atoms with E-state index in [2.05, 4.69) is 5.32 Å². The fraction of sp³-hybridized carbons (Fsp3) is 0.412. The molecule has 0 aromatic heterocycles. The lowest BCUT2D eigenvalue weighted by Crippen LogP contribution is -2.46. The Labute approximate surface area is 124 Å². The van der Waals surface area contributed by atoms with Crippen LogP contribution in [0.1, 0.15) is 38.2 Å². The van der Waals surface area contributed by atoms with E-state index in [9.17, 15) is 9.59 Å². The predicted octanol–water partition coefficient (Wildman–Crippen LogP) is 2.36. The van der Waals surface area contributed by atoms with Gasteiger partial charge in [0, 0.05) is 19.0 Å². The Morgan fingerprint density at radius 3 is 2.67 bits per heavy atom. The summed E-state index contributed by atoms with van der Waals surface area (Å²) >= 11 is 0. The smallest absolute Gasteiger partial charge is 0.252 e. The Hall–Kier alpha value is -2.10. The summed E-state index contributed by atoms with van der Waals surface area (Å²) in [6.45, 7) is 2.05. The SMILES string of the molecule is CC(=O)NC1C2=C(CCCC2)C(=O)N1Cc1ccccc1. The molecular weight excluding hydrogens is 264 g/mol. The number of benzene rings is 1. The molecule has 4 heteroatoms. The minimum atomic E-state index is -0.259. The molecule has 0 saturated heterocycles. The molecule has 0 fully saturated rings. The molecule has 2 aliphatic rings. The normalized spacial score (nSPS) is 21.5. The molecule has 3 rings (SSSR count). The Morgan fingerprint density at radius 1 is 1.24 bits per heavy atom. The van der Waals surface area contributed by atoms with E-state index in [4.69, 9.17) is 0 Å². The van der Waals surface area contributed by atoms with Gasteiger partial charge in [0.05, 0.1) is 0 Å². The molecule has 4 nitrogen and oxygen atoms in total. The van der Waals surface area contributed by atoms with E-state index in [-0.39, 0.29) is 18.0 Å². The van der Waals surface area contributed by atoms with Crippen molar-refractivity contribution in [2.24, 2.45) is 0 Å². The number of rotatable bonds is 3. The number of nitrogens with zero attached hydrogens (tertiary/aromatic N) is 1. The molecule has 1 unspecified atom stereocenters. The third kappa shape index (κ3) is 2.71. The van der Waals surface area contributed by atoms with Crippen molar-refractivity contribution >= 4 is 11.8 Å². The largest absolute Gasteiger partial charge is 0.332 e. The van der Waals surface area contributed by atoms with Crippen molar-refractivity contribution in [3.63, 3.8) is 0 Å². The highest BCUT2D eigenvalue weighted by Crippen LogP contribution is 2.36. The molecule has 0 bridgehead atoms. The number of carbonyl (C=O) groups excluding carboxylic acids is 2. The lowest BCUT2D eigenvalue weighted by atomic mass is 9.92. The van der Waals surface area contributed by atoms with Crippen LogP contribution >= 0.6 is 0 Å². The minimum Gasteiger partial charge on any atom is -0.332 e. The number of amides is 2. The van der Waals surface area contributed by atoms with E-state index < -0.39 is 0 Å². The molecule has 1 N–H and O–H groups in total. The second-order valence-corrected chi connectivity index (χ2v) is 5.73. The minimum absolute atomic E-state index is 0.0901. The van der Waals surface area contributed by atoms with Crippen LogP contribution in [0.15, 0.2) is 41.5 Å². The predicted molar refractivity (Wildman–Crippen MR) is 80.1 cm³/mol. The van der Waals surface area contributed by atoms with Gasteiger partial charge in [-0.25, -0.2) is 0 Å². The van der Waals surface area contributed by atoms with Gasteiger partial charge in [0.15, 0.2) is 0 Å². The zero-order valence-corrected chi connectivity index (χ0v) is 12.3. The molecule has 21 heavy (non-hydrogen) atoms. The van der Waals surface area contributed by atoms with E-state index in [0.29, 0.717) is 6.54 Å². The number of hydrogen-bond acceptors (Lipinski definition) is 2. The van der Waals surface area contributed by atoms with Crippen molar-refractivity contribution in [1.29, 1.82) is 0 Å². The first-order valence-electron chi connectivity index (χ1n) is 7.50. The Kier molecular flexibility index (Phi) is 3.78. The van der Waals surface area contributed by atoms with E-state index >= 15 is 0 Å². The first-order chi connectivity index (χ1) is 10.2. The second kappa shape index (κ2) is 5.72. The lowest BCUT2D eigenvalue weighted by molar-refractivity contribution is -0.129. The average molecular weight is 284 g/mol. The van der Waals surface area contributed by atoms with Crippen LogP contribution in [0.2, 0.25) is 0 Å². The molecule has 1 heterocycles. The van der Waals surface area contributed by atoms with Gasteiger partial charge < -0.3 is 10.2 Å². The van der Waals surface area contributed by atoms with E-state index in [1.54, 1.807) is 4.90 Å². The number of nitrogens with one attached hydrogen (secondary N) is 1. The Balaban J connectivity index is 1.88. The molecule has 1 aliphatic carbocycles. The maximum atomic E-state index is 12.7. The Bertz CT molecular complexity index is 592. The van der Waals surface area contributed by atoms with Gasteiger partial charge in [0.2, 0.25) is 5.91 Å². The van der Waals surface area contributed by atoms with Crippen molar-refractivity contribution < 1.29 is 9.59 Å². The zero-order valence-electron chi connectivity index (χ0n) is 12.3. The summed E-state index contributed by atoms with van der Waals surface area (Å²) in [4.78, 5) is 26.0. The third-order valence-corrected chi connectivity index (χ3v) is 4.21. The fourth-order valence-electron chi connectivity index (χ4n) is 3.25. The van der Waals surface area contributed by atoms with Crippen LogP contribution in [0.3, 0.4) is 0 Å². The molecule has 1 atom stereocenters. The van der Waals surface area contributed by atoms with E-state index in [1.807, 2.05) is 30.3 Å². The van der Waals surface area contributed by atoms with Crippen LogP contribution in [0.4, 0.5) is 0 Å².